The lowest BCUT2D eigenvalue weighted by Crippen LogP contribution is -2.53. The Bertz CT molecular complexity index is 406. The van der Waals surface area contributed by atoms with E-state index in [0.717, 1.165) is 13.0 Å². The number of amides is 1. The minimum atomic E-state index is -4.60. The fourth-order valence-corrected chi connectivity index (χ4v) is 3.42. The van der Waals surface area contributed by atoms with Crippen molar-refractivity contribution in [1.29, 1.82) is 0 Å². The number of piperidine rings is 1. The number of rotatable bonds is 2. The molecule has 2 fully saturated rings. The molecule has 3 atom stereocenters. The first-order chi connectivity index (χ1) is 10.1. The van der Waals surface area contributed by atoms with E-state index < -0.39 is 11.8 Å². The molecule has 1 saturated heterocycles. The van der Waals surface area contributed by atoms with Crippen LogP contribution in [0.1, 0.15) is 46.0 Å². The third-order valence-electron chi connectivity index (χ3n) is 5.11. The molecule has 2 rings (SSSR count). The molecule has 1 aliphatic carbocycles. The minimum absolute atomic E-state index is 0.0664. The fourth-order valence-electron chi connectivity index (χ4n) is 3.42. The van der Waals surface area contributed by atoms with Crippen LogP contribution < -0.4 is 10.6 Å². The van der Waals surface area contributed by atoms with E-state index in [9.17, 15) is 23.1 Å². The second kappa shape index (κ2) is 6.35. The number of halogens is 3. The maximum absolute atomic E-state index is 12.8. The summed E-state index contributed by atoms with van der Waals surface area (Å²) in [4.78, 5) is 12.4. The van der Waals surface area contributed by atoms with Crippen molar-refractivity contribution in [2.24, 2.45) is 11.8 Å². The summed E-state index contributed by atoms with van der Waals surface area (Å²) < 4.78 is 38.3. The van der Waals surface area contributed by atoms with Crippen LogP contribution in [0.3, 0.4) is 0 Å². The fraction of sp³-hybridized carbons (Fsp3) is 0.933. The van der Waals surface area contributed by atoms with E-state index in [1.165, 1.54) is 0 Å². The highest BCUT2D eigenvalue weighted by Gasteiger charge is 2.54. The number of alkyl halides is 3. The Morgan fingerprint density at radius 1 is 1.27 bits per heavy atom. The Hall–Kier alpha value is -0.820. The van der Waals surface area contributed by atoms with Gasteiger partial charge in [0, 0.05) is 18.0 Å². The quantitative estimate of drug-likeness (QED) is 0.728. The molecule has 1 saturated carbocycles. The van der Waals surface area contributed by atoms with Crippen LogP contribution in [0.5, 0.6) is 0 Å². The van der Waals surface area contributed by atoms with Crippen molar-refractivity contribution in [3.8, 4) is 0 Å². The lowest BCUT2D eigenvalue weighted by Gasteiger charge is -2.39. The summed E-state index contributed by atoms with van der Waals surface area (Å²) in [5.41, 5.74) is -2.59. The van der Waals surface area contributed by atoms with Crippen LogP contribution in [0.25, 0.3) is 0 Å². The molecule has 1 aliphatic heterocycles. The van der Waals surface area contributed by atoms with E-state index >= 15 is 0 Å². The van der Waals surface area contributed by atoms with Gasteiger partial charge in [-0.15, -0.1) is 0 Å². The van der Waals surface area contributed by atoms with Gasteiger partial charge in [0.1, 0.15) is 0 Å². The molecule has 0 radical (unpaired) electrons. The van der Waals surface area contributed by atoms with Gasteiger partial charge in [-0.1, -0.05) is 6.92 Å². The topological polar surface area (TPSA) is 61.4 Å². The Labute approximate surface area is 128 Å². The first-order valence-electron chi connectivity index (χ1n) is 7.95. The summed E-state index contributed by atoms with van der Waals surface area (Å²) in [7, 11) is 0. The predicted octanol–water partition coefficient (Wildman–Crippen LogP) is 1.97. The lowest BCUT2D eigenvalue weighted by atomic mass is 9.80. The van der Waals surface area contributed by atoms with E-state index in [2.05, 4.69) is 10.6 Å². The van der Waals surface area contributed by atoms with Gasteiger partial charge < -0.3 is 15.7 Å². The number of carbonyl (C=O) groups excluding carboxylic acids is 1. The summed E-state index contributed by atoms with van der Waals surface area (Å²) in [6.07, 6.45) is -4.22. The molecule has 22 heavy (non-hydrogen) atoms. The minimum Gasteiger partial charge on any atom is -0.380 e. The Balaban J connectivity index is 1.87. The van der Waals surface area contributed by atoms with Gasteiger partial charge in [-0.2, -0.15) is 13.2 Å². The van der Waals surface area contributed by atoms with Crippen molar-refractivity contribution in [2.45, 2.75) is 69.8 Å². The molecule has 7 heteroatoms. The smallest absolute Gasteiger partial charge is 0.380 e. The van der Waals surface area contributed by atoms with Crippen LogP contribution in [0.15, 0.2) is 0 Å². The molecular weight excluding hydrogens is 297 g/mol. The normalized spacial score (nSPS) is 40.3. The van der Waals surface area contributed by atoms with E-state index in [-0.39, 0.29) is 55.5 Å². The van der Waals surface area contributed by atoms with Gasteiger partial charge in [-0.25, -0.2) is 0 Å². The predicted molar refractivity (Wildman–Crippen MR) is 76.1 cm³/mol. The van der Waals surface area contributed by atoms with Crippen LogP contribution in [-0.4, -0.2) is 41.4 Å². The van der Waals surface area contributed by atoms with E-state index in [4.69, 9.17) is 0 Å². The highest BCUT2D eigenvalue weighted by molar-refractivity contribution is 5.79. The van der Waals surface area contributed by atoms with Crippen LogP contribution in [0, 0.1) is 11.8 Å². The van der Waals surface area contributed by atoms with Gasteiger partial charge in [0.05, 0.1) is 0 Å². The third kappa shape index (κ3) is 3.74. The molecule has 0 spiro atoms. The van der Waals surface area contributed by atoms with Crippen LogP contribution in [0.2, 0.25) is 0 Å². The zero-order valence-corrected chi connectivity index (χ0v) is 13.0. The summed E-state index contributed by atoms with van der Waals surface area (Å²) in [5, 5.41) is 15.8. The van der Waals surface area contributed by atoms with E-state index in [1.54, 1.807) is 0 Å². The first-order valence-corrected chi connectivity index (χ1v) is 7.95. The highest BCUT2D eigenvalue weighted by Crippen LogP contribution is 2.41. The van der Waals surface area contributed by atoms with Crippen LogP contribution in [-0.2, 0) is 4.79 Å². The maximum Gasteiger partial charge on any atom is 0.417 e. The number of aliphatic hydroxyl groups is 1. The maximum atomic E-state index is 12.8. The Morgan fingerprint density at radius 3 is 2.41 bits per heavy atom. The zero-order valence-electron chi connectivity index (χ0n) is 13.0. The molecule has 1 heterocycles. The molecule has 1 amide bonds. The van der Waals surface area contributed by atoms with Gasteiger partial charge in [-0.05, 0) is 51.5 Å². The van der Waals surface area contributed by atoms with Crippen molar-refractivity contribution in [2.75, 3.05) is 6.54 Å². The van der Waals surface area contributed by atoms with Crippen LogP contribution >= 0.6 is 0 Å². The second-order valence-electron chi connectivity index (χ2n) is 6.94. The Kier molecular flexibility index (Phi) is 5.06. The third-order valence-corrected chi connectivity index (χ3v) is 5.11. The van der Waals surface area contributed by atoms with Crippen molar-refractivity contribution in [3.05, 3.63) is 0 Å². The molecule has 0 aromatic heterocycles. The average molecular weight is 322 g/mol. The highest BCUT2D eigenvalue weighted by atomic mass is 19.4. The summed E-state index contributed by atoms with van der Waals surface area (Å²) in [6, 6.07) is 0.00106. The van der Waals surface area contributed by atoms with Crippen molar-refractivity contribution in [1.82, 2.24) is 10.6 Å². The second-order valence-corrected chi connectivity index (χ2v) is 6.94. The zero-order chi connectivity index (χ0) is 16.5. The van der Waals surface area contributed by atoms with Gasteiger partial charge in [0.15, 0.2) is 5.60 Å². The molecule has 0 bridgehead atoms. The number of hydrogen-bond acceptors (Lipinski definition) is 3. The standard InChI is InChI=1S/C15H25F3N2O2/c1-9-8-19-10(2)7-12(9)13(21)20-11-3-5-14(22,6-4-11)15(16,17)18/h9-12,19,22H,3-8H2,1-2H3,(H,20,21). The number of hydrogen-bond donors (Lipinski definition) is 3. The monoisotopic (exact) mass is 322 g/mol. The van der Waals surface area contributed by atoms with Crippen molar-refractivity contribution >= 4 is 5.91 Å². The van der Waals surface area contributed by atoms with E-state index in [1.807, 2.05) is 13.8 Å². The summed E-state index contributed by atoms with van der Waals surface area (Å²) >= 11 is 0. The number of nitrogens with one attached hydrogen (secondary N) is 2. The van der Waals surface area contributed by atoms with Gasteiger partial charge in [0.2, 0.25) is 5.91 Å². The molecule has 3 N–H and O–H groups in total. The molecule has 0 aromatic rings. The van der Waals surface area contributed by atoms with E-state index in [0.29, 0.717) is 0 Å². The largest absolute Gasteiger partial charge is 0.417 e. The first kappa shape index (κ1) is 17.5. The van der Waals surface area contributed by atoms with Crippen LogP contribution in [0.4, 0.5) is 13.2 Å². The molecule has 2 aliphatic rings. The van der Waals surface area contributed by atoms with Crippen molar-refractivity contribution < 1.29 is 23.1 Å². The molecule has 4 nitrogen and oxygen atoms in total. The lowest BCUT2D eigenvalue weighted by molar-refractivity contribution is -0.270. The summed E-state index contributed by atoms with van der Waals surface area (Å²) in [6.45, 7) is 4.81. The van der Waals surface area contributed by atoms with Gasteiger partial charge in [-0.3, -0.25) is 4.79 Å². The molecule has 0 aromatic carbocycles. The Morgan fingerprint density at radius 2 is 1.86 bits per heavy atom. The molecular formula is C15H25F3N2O2. The average Bonchev–Trinajstić information content (AvgIpc) is 2.43. The van der Waals surface area contributed by atoms with Gasteiger partial charge >= 0.3 is 6.18 Å². The van der Waals surface area contributed by atoms with Gasteiger partial charge in [0.25, 0.3) is 0 Å². The summed E-state index contributed by atoms with van der Waals surface area (Å²) in [5.74, 6) is 0.0508. The molecule has 128 valence electrons. The molecule has 3 unspecified atom stereocenters. The SMILES string of the molecule is CC1CC(C(=O)NC2CCC(O)(C(F)(F)F)CC2)C(C)CN1. The van der Waals surface area contributed by atoms with Crippen molar-refractivity contribution in [3.63, 3.8) is 0 Å². The number of carbonyl (C=O) groups is 1.